The molecule has 2 aromatic heterocycles. The Hall–Kier alpha value is -1.45. The van der Waals surface area contributed by atoms with Crippen LogP contribution in [0.5, 0.6) is 0 Å². The summed E-state index contributed by atoms with van der Waals surface area (Å²) in [6, 6.07) is 12.0. The van der Waals surface area contributed by atoms with Gasteiger partial charge in [0.25, 0.3) is 0 Å². The molecule has 1 aromatic carbocycles. The number of halogens is 1. The molecule has 2 heterocycles. The molecule has 0 bridgehead atoms. The summed E-state index contributed by atoms with van der Waals surface area (Å²) in [6.07, 6.45) is 4.12. The molecule has 0 aliphatic heterocycles. The fourth-order valence-corrected chi connectivity index (χ4v) is 2.87. The predicted molar refractivity (Wildman–Crippen MR) is 80.9 cm³/mol. The molecule has 0 fully saturated rings. The van der Waals surface area contributed by atoms with Gasteiger partial charge in [-0.1, -0.05) is 17.7 Å². The molecular formula is C15H13ClN2S. The zero-order valence-corrected chi connectivity index (χ0v) is 12.1. The summed E-state index contributed by atoms with van der Waals surface area (Å²) in [4.78, 5) is 5.87. The highest BCUT2D eigenvalue weighted by atomic mass is 35.5. The summed E-state index contributed by atoms with van der Waals surface area (Å²) in [7, 11) is 0. The fourth-order valence-electron chi connectivity index (χ4n) is 1.96. The van der Waals surface area contributed by atoms with Crippen molar-refractivity contribution in [3.63, 3.8) is 0 Å². The van der Waals surface area contributed by atoms with Gasteiger partial charge in [0.2, 0.25) is 0 Å². The molecule has 0 aliphatic carbocycles. The SMILES string of the molecule is Cc1cccn2cc(CSc3ccc(Cl)cc3)nc12. The number of aromatic nitrogens is 2. The Morgan fingerprint density at radius 1 is 1.21 bits per heavy atom. The minimum absolute atomic E-state index is 0.771. The van der Waals surface area contributed by atoms with Crippen LogP contribution in [0.25, 0.3) is 5.65 Å². The van der Waals surface area contributed by atoms with Crippen molar-refractivity contribution in [1.29, 1.82) is 0 Å². The number of hydrogen-bond donors (Lipinski definition) is 0. The van der Waals surface area contributed by atoms with Crippen molar-refractivity contribution in [2.75, 3.05) is 0 Å². The van der Waals surface area contributed by atoms with E-state index >= 15 is 0 Å². The number of nitrogens with zero attached hydrogens (tertiary/aromatic N) is 2. The van der Waals surface area contributed by atoms with Crippen molar-refractivity contribution in [2.24, 2.45) is 0 Å². The molecule has 0 N–H and O–H groups in total. The first-order valence-corrected chi connectivity index (χ1v) is 7.40. The molecule has 0 radical (unpaired) electrons. The molecule has 0 spiro atoms. The second-order valence-electron chi connectivity index (χ2n) is 4.40. The van der Waals surface area contributed by atoms with Gasteiger partial charge in [-0.05, 0) is 42.8 Å². The average molecular weight is 289 g/mol. The second-order valence-corrected chi connectivity index (χ2v) is 5.88. The number of benzene rings is 1. The molecule has 0 aliphatic rings. The fraction of sp³-hybridized carbons (Fsp3) is 0.133. The zero-order chi connectivity index (χ0) is 13.2. The summed E-state index contributed by atoms with van der Waals surface area (Å²) in [5.74, 6) is 0.864. The van der Waals surface area contributed by atoms with Gasteiger partial charge in [0, 0.05) is 28.1 Å². The third-order valence-electron chi connectivity index (χ3n) is 2.93. The van der Waals surface area contributed by atoms with Crippen LogP contribution in [-0.4, -0.2) is 9.38 Å². The Morgan fingerprint density at radius 2 is 2.00 bits per heavy atom. The van der Waals surface area contributed by atoms with Gasteiger partial charge in [0.1, 0.15) is 5.65 Å². The standard InChI is InChI=1S/C15H13ClN2S/c1-11-3-2-8-18-9-13(17-15(11)18)10-19-14-6-4-12(16)5-7-14/h2-9H,10H2,1H3. The highest BCUT2D eigenvalue weighted by Crippen LogP contribution is 2.24. The molecule has 0 saturated heterocycles. The van der Waals surface area contributed by atoms with Crippen LogP contribution in [0, 0.1) is 6.92 Å². The Balaban J connectivity index is 1.78. The quantitative estimate of drug-likeness (QED) is 0.656. The molecule has 0 atom stereocenters. The van der Waals surface area contributed by atoms with E-state index in [1.807, 2.05) is 36.5 Å². The maximum absolute atomic E-state index is 5.87. The maximum Gasteiger partial charge on any atom is 0.139 e. The normalized spacial score (nSPS) is 11.1. The predicted octanol–water partition coefficient (Wildman–Crippen LogP) is 4.59. The van der Waals surface area contributed by atoms with Crippen LogP contribution in [0.4, 0.5) is 0 Å². The Morgan fingerprint density at radius 3 is 2.74 bits per heavy atom. The Bertz CT molecular complexity index is 704. The van der Waals surface area contributed by atoms with E-state index in [0.29, 0.717) is 0 Å². The molecule has 3 aromatic rings. The molecule has 2 nitrogen and oxygen atoms in total. The molecule has 0 unspecified atom stereocenters. The van der Waals surface area contributed by atoms with Gasteiger partial charge in [0.15, 0.2) is 0 Å². The molecule has 19 heavy (non-hydrogen) atoms. The third kappa shape index (κ3) is 2.77. The molecule has 3 rings (SSSR count). The van der Waals surface area contributed by atoms with Crippen LogP contribution in [0.3, 0.4) is 0 Å². The van der Waals surface area contributed by atoms with Crippen LogP contribution in [0.1, 0.15) is 11.3 Å². The van der Waals surface area contributed by atoms with E-state index in [-0.39, 0.29) is 0 Å². The molecule has 0 amide bonds. The largest absolute Gasteiger partial charge is 0.307 e. The van der Waals surface area contributed by atoms with Gasteiger partial charge < -0.3 is 4.40 Å². The summed E-state index contributed by atoms with van der Waals surface area (Å²) in [6.45, 7) is 2.08. The number of rotatable bonds is 3. The summed E-state index contributed by atoms with van der Waals surface area (Å²) in [5.41, 5.74) is 3.33. The maximum atomic E-state index is 5.87. The van der Waals surface area contributed by atoms with Gasteiger partial charge in [0.05, 0.1) is 5.69 Å². The monoisotopic (exact) mass is 288 g/mol. The first-order valence-electron chi connectivity index (χ1n) is 6.04. The van der Waals surface area contributed by atoms with Crippen molar-refractivity contribution < 1.29 is 0 Å². The molecular weight excluding hydrogens is 276 g/mol. The van der Waals surface area contributed by atoms with Crippen LogP contribution in [0.2, 0.25) is 5.02 Å². The van der Waals surface area contributed by atoms with Gasteiger partial charge in [-0.2, -0.15) is 0 Å². The van der Waals surface area contributed by atoms with E-state index in [0.717, 1.165) is 22.1 Å². The highest BCUT2D eigenvalue weighted by molar-refractivity contribution is 7.98. The summed E-state index contributed by atoms with van der Waals surface area (Å²) < 4.78 is 2.08. The van der Waals surface area contributed by atoms with Crippen LogP contribution in [-0.2, 0) is 5.75 Å². The first-order chi connectivity index (χ1) is 9.22. The molecule has 96 valence electrons. The van der Waals surface area contributed by atoms with E-state index in [2.05, 4.69) is 28.6 Å². The Labute approximate surface area is 121 Å². The molecule has 4 heteroatoms. The van der Waals surface area contributed by atoms with Crippen LogP contribution < -0.4 is 0 Å². The zero-order valence-electron chi connectivity index (χ0n) is 10.5. The smallest absolute Gasteiger partial charge is 0.139 e. The number of hydrogen-bond acceptors (Lipinski definition) is 2. The van der Waals surface area contributed by atoms with Crippen LogP contribution in [0.15, 0.2) is 53.7 Å². The lowest BCUT2D eigenvalue weighted by atomic mass is 10.3. The van der Waals surface area contributed by atoms with Gasteiger partial charge >= 0.3 is 0 Å². The van der Waals surface area contributed by atoms with Gasteiger partial charge in [-0.25, -0.2) is 4.98 Å². The van der Waals surface area contributed by atoms with Crippen molar-refractivity contribution >= 4 is 29.0 Å². The lowest BCUT2D eigenvalue weighted by Gasteiger charge is -1.98. The minimum atomic E-state index is 0.771. The number of imidazole rings is 1. The van der Waals surface area contributed by atoms with E-state index in [9.17, 15) is 0 Å². The lowest BCUT2D eigenvalue weighted by molar-refractivity contribution is 1.16. The van der Waals surface area contributed by atoms with Crippen molar-refractivity contribution in [1.82, 2.24) is 9.38 Å². The van der Waals surface area contributed by atoms with Crippen LogP contribution >= 0.6 is 23.4 Å². The Kier molecular flexibility index (Phi) is 3.49. The lowest BCUT2D eigenvalue weighted by Crippen LogP contribution is -1.84. The molecule has 0 saturated carbocycles. The minimum Gasteiger partial charge on any atom is -0.307 e. The average Bonchev–Trinajstić information content (AvgIpc) is 2.83. The number of pyridine rings is 1. The van der Waals surface area contributed by atoms with E-state index in [1.54, 1.807) is 11.8 Å². The van der Waals surface area contributed by atoms with E-state index < -0.39 is 0 Å². The summed E-state index contributed by atoms with van der Waals surface area (Å²) >= 11 is 7.64. The van der Waals surface area contributed by atoms with Crippen molar-refractivity contribution in [3.05, 3.63) is 65.1 Å². The second kappa shape index (κ2) is 5.27. The summed E-state index contributed by atoms with van der Waals surface area (Å²) in [5, 5.41) is 0.771. The highest BCUT2D eigenvalue weighted by Gasteiger charge is 2.04. The van der Waals surface area contributed by atoms with Gasteiger partial charge in [-0.3, -0.25) is 0 Å². The number of thioether (sulfide) groups is 1. The van der Waals surface area contributed by atoms with E-state index in [1.165, 1.54) is 10.5 Å². The van der Waals surface area contributed by atoms with Crippen molar-refractivity contribution in [2.45, 2.75) is 17.6 Å². The van der Waals surface area contributed by atoms with Gasteiger partial charge in [-0.15, -0.1) is 11.8 Å². The number of aryl methyl sites for hydroxylation is 1. The van der Waals surface area contributed by atoms with Crippen molar-refractivity contribution in [3.8, 4) is 0 Å². The van der Waals surface area contributed by atoms with E-state index in [4.69, 9.17) is 11.6 Å². The first kappa shape index (κ1) is 12.6. The number of fused-ring (bicyclic) bond motifs is 1. The third-order valence-corrected chi connectivity index (χ3v) is 4.23. The topological polar surface area (TPSA) is 17.3 Å².